The van der Waals surface area contributed by atoms with Crippen molar-refractivity contribution in [2.24, 2.45) is 0 Å². The highest BCUT2D eigenvalue weighted by Gasteiger charge is 2.17. The van der Waals surface area contributed by atoms with Gasteiger partial charge in [-0.15, -0.1) is 0 Å². The monoisotopic (exact) mass is 330 g/mol. The number of hydrogen-bond donors (Lipinski definition) is 1. The molecule has 3 aromatic rings. The maximum atomic E-state index is 12.7. The van der Waals surface area contributed by atoms with Crippen LogP contribution < -0.4 is 19.6 Å². The Bertz CT molecular complexity index is 1020. The Kier molecular flexibility index (Phi) is 3.76. The number of hydrogen-bond acceptors (Lipinski definition) is 7. The van der Waals surface area contributed by atoms with Gasteiger partial charge < -0.3 is 23.7 Å². The van der Waals surface area contributed by atoms with Crippen LogP contribution in [-0.2, 0) is 4.79 Å². The molecule has 0 fully saturated rings. The highest BCUT2D eigenvalue weighted by molar-refractivity contribution is 5.95. The number of ether oxygens (including phenoxy) is 3. The molecule has 0 aliphatic heterocycles. The van der Waals surface area contributed by atoms with Gasteiger partial charge in [0.1, 0.15) is 28.1 Å². The maximum Gasteiger partial charge on any atom is 0.308 e. The van der Waals surface area contributed by atoms with Crippen LogP contribution in [0.25, 0.3) is 21.9 Å². The van der Waals surface area contributed by atoms with Gasteiger partial charge in [0.25, 0.3) is 0 Å². The number of aromatic hydroxyl groups is 1. The third-order valence-electron chi connectivity index (χ3n) is 3.50. The van der Waals surface area contributed by atoms with Crippen molar-refractivity contribution in [1.82, 2.24) is 0 Å². The number of rotatable bonds is 3. The predicted molar refractivity (Wildman–Crippen MR) is 86.1 cm³/mol. The van der Waals surface area contributed by atoms with E-state index in [0.717, 1.165) is 0 Å². The Hall–Kier alpha value is -3.22. The SMILES string of the molecule is COc1cc(O)c2c(=O)c3cc(OC)c(OC(C)=O)cc3oc2c1. The van der Waals surface area contributed by atoms with Crippen molar-refractivity contribution in [3.63, 3.8) is 0 Å². The summed E-state index contributed by atoms with van der Waals surface area (Å²) in [7, 11) is 2.82. The molecule has 0 amide bonds. The summed E-state index contributed by atoms with van der Waals surface area (Å²) in [4.78, 5) is 23.9. The zero-order chi connectivity index (χ0) is 17.4. The summed E-state index contributed by atoms with van der Waals surface area (Å²) < 4.78 is 21.0. The Labute approximate surface area is 136 Å². The van der Waals surface area contributed by atoms with E-state index in [4.69, 9.17) is 18.6 Å². The first kappa shape index (κ1) is 15.7. The predicted octanol–water partition coefficient (Wildman–Crippen LogP) is 2.59. The van der Waals surface area contributed by atoms with Crippen LogP contribution in [0.5, 0.6) is 23.0 Å². The number of benzene rings is 2. The minimum Gasteiger partial charge on any atom is -0.507 e. The van der Waals surface area contributed by atoms with Gasteiger partial charge >= 0.3 is 5.97 Å². The molecule has 0 saturated carbocycles. The van der Waals surface area contributed by atoms with Crippen molar-refractivity contribution in [1.29, 1.82) is 0 Å². The molecular weight excluding hydrogens is 316 g/mol. The molecule has 24 heavy (non-hydrogen) atoms. The molecule has 0 unspecified atom stereocenters. The summed E-state index contributed by atoms with van der Waals surface area (Å²) >= 11 is 0. The van der Waals surface area contributed by atoms with Crippen LogP contribution in [0, 0.1) is 0 Å². The molecule has 2 aromatic carbocycles. The van der Waals surface area contributed by atoms with E-state index in [0.29, 0.717) is 5.75 Å². The van der Waals surface area contributed by atoms with E-state index in [9.17, 15) is 14.7 Å². The molecule has 0 aliphatic rings. The fourth-order valence-corrected chi connectivity index (χ4v) is 2.45. The molecule has 3 rings (SSSR count). The smallest absolute Gasteiger partial charge is 0.308 e. The Balaban J connectivity index is 2.39. The summed E-state index contributed by atoms with van der Waals surface area (Å²) in [6.45, 7) is 1.25. The second kappa shape index (κ2) is 5.77. The van der Waals surface area contributed by atoms with E-state index < -0.39 is 11.4 Å². The molecule has 124 valence electrons. The lowest BCUT2D eigenvalue weighted by Gasteiger charge is -2.10. The lowest BCUT2D eigenvalue weighted by atomic mass is 10.1. The van der Waals surface area contributed by atoms with Gasteiger partial charge in [0.15, 0.2) is 11.5 Å². The Morgan fingerprint density at radius 3 is 2.42 bits per heavy atom. The molecule has 0 saturated heterocycles. The van der Waals surface area contributed by atoms with Gasteiger partial charge in [-0.2, -0.15) is 0 Å². The van der Waals surface area contributed by atoms with Crippen molar-refractivity contribution < 1.29 is 28.5 Å². The molecule has 0 bridgehead atoms. The molecule has 7 nitrogen and oxygen atoms in total. The summed E-state index contributed by atoms with van der Waals surface area (Å²) in [6.07, 6.45) is 0. The fourth-order valence-electron chi connectivity index (χ4n) is 2.45. The molecule has 7 heteroatoms. The van der Waals surface area contributed by atoms with Crippen molar-refractivity contribution in [3.05, 3.63) is 34.5 Å². The number of phenols is 1. The second-order valence-corrected chi connectivity index (χ2v) is 5.04. The van der Waals surface area contributed by atoms with E-state index in [1.54, 1.807) is 0 Å². The zero-order valence-electron chi connectivity index (χ0n) is 13.2. The zero-order valence-corrected chi connectivity index (χ0v) is 13.2. The van der Waals surface area contributed by atoms with Crippen LogP contribution in [-0.4, -0.2) is 25.3 Å². The minimum absolute atomic E-state index is 0.0330. The van der Waals surface area contributed by atoms with Crippen LogP contribution >= 0.6 is 0 Å². The van der Waals surface area contributed by atoms with Crippen LogP contribution in [0.1, 0.15) is 6.92 Å². The quantitative estimate of drug-likeness (QED) is 0.448. The maximum absolute atomic E-state index is 12.7. The Morgan fingerprint density at radius 1 is 1.04 bits per heavy atom. The number of carbonyl (C=O) groups is 1. The Morgan fingerprint density at radius 2 is 1.79 bits per heavy atom. The van der Waals surface area contributed by atoms with Crippen molar-refractivity contribution in [2.45, 2.75) is 6.92 Å². The summed E-state index contributed by atoms with van der Waals surface area (Å²) in [6, 6.07) is 5.62. The molecule has 0 aliphatic carbocycles. The average Bonchev–Trinajstić information content (AvgIpc) is 2.53. The van der Waals surface area contributed by atoms with Gasteiger partial charge in [-0.3, -0.25) is 9.59 Å². The first-order valence-corrected chi connectivity index (χ1v) is 6.98. The van der Waals surface area contributed by atoms with E-state index >= 15 is 0 Å². The number of carbonyl (C=O) groups excluding carboxylic acids is 1. The van der Waals surface area contributed by atoms with E-state index in [1.807, 2.05) is 0 Å². The topological polar surface area (TPSA) is 95.2 Å². The van der Waals surface area contributed by atoms with Crippen LogP contribution in [0.15, 0.2) is 33.5 Å². The van der Waals surface area contributed by atoms with Crippen molar-refractivity contribution in [3.8, 4) is 23.0 Å². The van der Waals surface area contributed by atoms with Crippen LogP contribution in [0.2, 0.25) is 0 Å². The number of fused-ring (bicyclic) bond motifs is 2. The van der Waals surface area contributed by atoms with Crippen LogP contribution in [0.4, 0.5) is 0 Å². The van der Waals surface area contributed by atoms with Gasteiger partial charge in [0.05, 0.1) is 19.6 Å². The number of methoxy groups -OCH3 is 2. The molecule has 1 aromatic heterocycles. The highest BCUT2D eigenvalue weighted by atomic mass is 16.6. The van der Waals surface area contributed by atoms with Crippen molar-refractivity contribution in [2.75, 3.05) is 14.2 Å². The summed E-state index contributed by atoms with van der Waals surface area (Å²) in [5, 5.41) is 10.3. The van der Waals surface area contributed by atoms with Crippen molar-refractivity contribution >= 4 is 27.9 Å². The minimum atomic E-state index is -0.532. The standard InChI is InChI=1S/C17H14O7/c1-8(18)23-14-7-12-10(6-13(14)22-3)17(20)16-11(19)4-9(21-2)5-15(16)24-12/h4-7,19H,1-3H3. The number of phenolic OH excluding ortho intramolecular Hbond substituents is 1. The average molecular weight is 330 g/mol. The van der Waals surface area contributed by atoms with E-state index in [1.165, 1.54) is 45.4 Å². The molecule has 0 radical (unpaired) electrons. The fraction of sp³-hybridized carbons (Fsp3) is 0.176. The lowest BCUT2D eigenvalue weighted by molar-refractivity contribution is -0.132. The lowest BCUT2D eigenvalue weighted by Crippen LogP contribution is -2.06. The molecule has 1 N–H and O–H groups in total. The van der Waals surface area contributed by atoms with Gasteiger partial charge in [-0.25, -0.2) is 0 Å². The first-order valence-electron chi connectivity index (χ1n) is 6.98. The largest absolute Gasteiger partial charge is 0.507 e. The van der Waals surface area contributed by atoms with Gasteiger partial charge in [0, 0.05) is 25.1 Å². The van der Waals surface area contributed by atoms with Crippen LogP contribution in [0.3, 0.4) is 0 Å². The van der Waals surface area contributed by atoms with E-state index in [-0.39, 0.29) is 39.2 Å². The number of esters is 1. The highest BCUT2D eigenvalue weighted by Crippen LogP contribution is 2.35. The van der Waals surface area contributed by atoms with Gasteiger partial charge in [-0.1, -0.05) is 0 Å². The van der Waals surface area contributed by atoms with Gasteiger partial charge in [-0.05, 0) is 6.07 Å². The second-order valence-electron chi connectivity index (χ2n) is 5.04. The first-order chi connectivity index (χ1) is 11.4. The molecule has 1 heterocycles. The van der Waals surface area contributed by atoms with Gasteiger partial charge in [0.2, 0.25) is 5.43 Å². The summed E-state index contributed by atoms with van der Waals surface area (Å²) in [5.41, 5.74) is -0.0837. The molecule has 0 spiro atoms. The summed E-state index contributed by atoms with van der Waals surface area (Å²) in [5.74, 6) is -0.0983. The molecular formula is C17H14O7. The normalized spacial score (nSPS) is 10.8. The molecule has 0 atom stereocenters. The third-order valence-corrected chi connectivity index (χ3v) is 3.50. The van der Waals surface area contributed by atoms with E-state index in [2.05, 4.69) is 0 Å². The third kappa shape index (κ3) is 2.50.